The van der Waals surface area contributed by atoms with Crippen molar-refractivity contribution in [2.45, 2.75) is 13.0 Å². The van der Waals surface area contributed by atoms with Gasteiger partial charge in [0, 0.05) is 29.7 Å². The number of aliphatic hydroxyl groups is 1. The van der Waals surface area contributed by atoms with Crippen LogP contribution in [0.4, 0.5) is 5.69 Å². The molecule has 32 heavy (non-hydrogen) atoms. The summed E-state index contributed by atoms with van der Waals surface area (Å²) < 4.78 is 10.5. The minimum atomic E-state index is -0.827. The molecule has 2 aromatic carbocycles. The molecule has 7 heteroatoms. The number of aromatic nitrogens is 1. The Balaban J connectivity index is 1.94. The van der Waals surface area contributed by atoms with Crippen LogP contribution in [0.1, 0.15) is 22.7 Å². The molecule has 0 aliphatic carbocycles. The predicted octanol–water partition coefficient (Wildman–Crippen LogP) is 4.03. The fourth-order valence-corrected chi connectivity index (χ4v) is 3.89. The molecule has 0 saturated carbocycles. The summed E-state index contributed by atoms with van der Waals surface area (Å²) in [5.41, 5.74) is 2.31. The summed E-state index contributed by atoms with van der Waals surface area (Å²) in [4.78, 5) is 31.8. The van der Waals surface area contributed by atoms with Gasteiger partial charge in [-0.2, -0.15) is 0 Å². The quantitative estimate of drug-likeness (QED) is 0.373. The van der Waals surface area contributed by atoms with E-state index in [9.17, 15) is 14.7 Å². The van der Waals surface area contributed by atoms with Gasteiger partial charge in [-0.25, -0.2) is 0 Å². The van der Waals surface area contributed by atoms with Crippen LogP contribution in [0.2, 0.25) is 0 Å². The number of rotatable bonds is 5. The number of aryl methyl sites for hydroxylation is 1. The monoisotopic (exact) mass is 430 g/mol. The highest BCUT2D eigenvalue weighted by atomic mass is 16.5. The van der Waals surface area contributed by atoms with Gasteiger partial charge in [0.15, 0.2) is 0 Å². The number of ketones is 1. The molecular formula is C25H22N2O5. The average molecular weight is 430 g/mol. The molecule has 1 saturated heterocycles. The standard InChI is InChI=1S/C25H22N2O5/c1-15-13-19(32-3)7-8-20(15)23(28)21-22(16-9-11-26-12-10-16)27(25(30)24(21)29)17-5-4-6-18(14-17)31-2/h4-14,22,28H,1-3H3/b23-21-. The van der Waals surface area contributed by atoms with E-state index in [1.807, 2.05) is 0 Å². The smallest absolute Gasteiger partial charge is 0.300 e. The second-order valence-electron chi connectivity index (χ2n) is 7.33. The molecule has 1 N–H and O–H groups in total. The molecule has 2 heterocycles. The highest BCUT2D eigenvalue weighted by Gasteiger charge is 2.47. The number of benzene rings is 2. The summed E-state index contributed by atoms with van der Waals surface area (Å²) in [7, 11) is 3.08. The van der Waals surface area contributed by atoms with E-state index < -0.39 is 17.7 Å². The minimum absolute atomic E-state index is 0.0114. The lowest BCUT2D eigenvalue weighted by atomic mass is 9.94. The van der Waals surface area contributed by atoms with Gasteiger partial charge in [-0.3, -0.25) is 19.5 Å². The lowest BCUT2D eigenvalue weighted by Crippen LogP contribution is -2.29. The number of nitrogens with zero attached hydrogens (tertiary/aromatic N) is 2. The van der Waals surface area contributed by atoms with E-state index >= 15 is 0 Å². The van der Waals surface area contributed by atoms with Crippen molar-refractivity contribution in [2.75, 3.05) is 19.1 Å². The van der Waals surface area contributed by atoms with Crippen LogP contribution in [0.25, 0.3) is 5.76 Å². The van der Waals surface area contributed by atoms with Crippen LogP contribution >= 0.6 is 0 Å². The molecule has 1 aliphatic heterocycles. The first kappa shape index (κ1) is 21.1. The van der Waals surface area contributed by atoms with Crippen molar-refractivity contribution < 1.29 is 24.2 Å². The van der Waals surface area contributed by atoms with Crippen LogP contribution in [-0.4, -0.2) is 36.0 Å². The number of amides is 1. The Morgan fingerprint density at radius 1 is 0.969 bits per heavy atom. The number of hydrogen-bond acceptors (Lipinski definition) is 6. The Labute approximate surface area is 185 Å². The van der Waals surface area contributed by atoms with Gasteiger partial charge in [-0.15, -0.1) is 0 Å². The molecule has 162 valence electrons. The Morgan fingerprint density at radius 2 is 1.66 bits per heavy atom. The van der Waals surface area contributed by atoms with Crippen molar-refractivity contribution in [2.24, 2.45) is 0 Å². The van der Waals surface area contributed by atoms with Crippen molar-refractivity contribution in [3.05, 3.63) is 89.3 Å². The fraction of sp³-hybridized carbons (Fsp3) is 0.160. The highest BCUT2D eigenvalue weighted by Crippen LogP contribution is 2.43. The van der Waals surface area contributed by atoms with E-state index in [1.54, 1.807) is 81.0 Å². The maximum Gasteiger partial charge on any atom is 0.300 e. The number of carbonyl (C=O) groups excluding carboxylic acids is 2. The average Bonchev–Trinajstić information content (AvgIpc) is 3.09. The first-order valence-corrected chi connectivity index (χ1v) is 9.96. The second-order valence-corrected chi connectivity index (χ2v) is 7.33. The third kappa shape index (κ3) is 3.58. The Kier molecular flexibility index (Phi) is 5.64. The van der Waals surface area contributed by atoms with Crippen LogP contribution in [0.5, 0.6) is 11.5 Å². The number of ether oxygens (including phenoxy) is 2. The maximum absolute atomic E-state index is 13.2. The number of carbonyl (C=O) groups is 2. The van der Waals surface area contributed by atoms with Gasteiger partial charge in [-0.1, -0.05) is 6.07 Å². The van der Waals surface area contributed by atoms with Crippen LogP contribution in [0.15, 0.2) is 72.6 Å². The van der Waals surface area contributed by atoms with E-state index in [4.69, 9.17) is 9.47 Å². The molecule has 3 aromatic rings. The summed E-state index contributed by atoms with van der Waals surface area (Å²) in [6, 6.07) is 14.6. The largest absolute Gasteiger partial charge is 0.507 e. The summed E-state index contributed by atoms with van der Waals surface area (Å²) in [6.45, 7) is 1.80. The van der Waals surface area contributed by atoms with E-state index in [0.717, 1.165) is 0 Å². The first-order chi connectivity index (χ1) is 15.5. The molecule has 1 unspecified atom stereocenters. The minimum Gasteiger partial charge on any atom is -0.507 e. The van der Waals surface area contributed by atoms with E-state index in [1.165, 1.54) is 12.0 Å². The zero-order valence-corrected chi connectivity index (χ0v) is 17.9. The normalized spacial score (nSPS) is 17.5. The third-order valence-electron chi connectivity index (χ3n) is 5.49. The van der Waals surface area contributed by atoms with Gasteiger partial charge in [0.1, 0.15) is 17.3 Å². The van der Waals surface area contributed by atoms with Crippen molar-refractivity contribution in [3.63, 3.8) is 0 Å². The molecule has 4 rings (SSSR count). The molecule has 1 aromatic heterocycles. The summed E-state index contributed by atoms with van der Waals surface area (Å²) in [5.74, 6) is -0.559. The molecule has 1 aliphatic rings. The molecule has 1 atom stereocenters. The number of Topliss-reactive ketones (excluding diaryl/α,β-unsaturated/α-hetero) is 1. The molecule has 7 nitrogen and oxygen atoms in total. The van der Waals surface area contributed by atoms with Crippen LogP contribution < -0.4 is 14.4 Å². The summed E-state index contributed by atoms with van der Waals surface area (Å²) in [6.07, 6.45) is 3.17. The first-order valence-electron chi connectivity index (χ1n) is 9.96. The lowest BCUT2D eigenvalue weighted by Gasteiger charge is -2.25. The fourth-order valence-electron chi connectivity index (χ4n) is 3.89. The Hall–Kier alpha value is -4.13. The van der Waals surface area contributed by atoms with Gasteiger partial charge in [0.05, 0.1) is 25.8 Å². The van der Waals surface area contributed by atoms with Crippen molar-refractivity contribution in [1.82, 2.24) is 4.98 Å². The van der Waals surface area contributed by atoms with Gasteiger partial charge in [-0.05, 0) is 60.5 Å². The van der Waals surface area contributed by atoms with Crippen molar-refractivity contribution in [3.8, 4) is 11.5 Å². The zero-order valence-electron chi connectivity index (χ0n) is 17.9. The molecule has 0 bridgehead atoms. The number of methoxy groups -OCH3 is 2. The van der Waals surface area contributed by atoms with Crippen molar-refractivity contribution >= 4 is 23.1 Å². The van der Waals surface area contributed by atoms with Crippen molar-refractivity contribution in [1.29, 1.82) is 0 Å². The van der Waals surface area contributed by atoms with E-state index in [-0.39, 0.29) is 11.3 Å². The highest BCUT2D eigenvalue weighted by molar-refractivity contribution is 6.51. The van der Waals surface area contributed by atoms with Gasteiger partial charge >= 0.3 is 0 Å². The number of anilines is 1. The topological polar surface area (TPSA) is 89.0 Å². The summed E-state index contributed by atoms with van der Waals surface area (Å²) >= 11 is 0. The Morgan fingerprint density at radius 3 is 2.31 bits per heavy atom. The SMILES string of the molecule is COc1cccc(N2C(=O)C(=O)/C(=C(\O)c3ccc(OC)cc3C)C2c2ccncc2)c1. The van der Waals surface area contributed by atoms with Gasteiger partial charge < -0.3 is 14.6 Å². The third-order valence-corrected chi connectivity index (χ3v) is 5.49. The second kappa shape index (κ2) is 8.55. The number of pyridine rings is 1. The zero-order chi connectivity index (χ0) is 22.8. The molecule has 0 spiro atoms. The number of hydrogen-bond donors (Lipinski definition) is 1. The lowest BCUT2D eigenvalue weighted by molar-refractivity contribution is -0.132. The van der Waals surface area contributed by atoms with E-state index in [2.05, 4.69) is 4.98 Å². The molecule has 1 fully saturated rings. The molecule has 0 radical (unpaired) electrons. The van der Waals surface area contributed by atoms with Crippen LogP contribution in [-0.2, 0) is 9.59 Å². The maximum atomic E-state index is 13.2. The molecular weight excluding hydrogens is 408 g/mol. The number of aliphatic hydroxyl groups excluding tert-OH is 1. The van der Waals surface area contributed by atoms with E-state index in [0.29, 0.717) is 33.9 Å². The van der Waals surface area contributed by atoms with Gasteiger partial charge in [0.2, 0.25) is 0 Å². The van der Waals surface area contributed by atoms with Crippen LogP contribution in [0, 0.1) is 6.92 Å². The summed E-state index contributed by atoms with van der Waals surface area (Å²) in [5, 5.41) is 11.2. The molecule has 1 amide bonds. The van der Waals surface area contributed by atoms with Gasteiger partial charge in [0.25, 0.3) is 11.7 Å². The predicted molar refractivity (Wildman–Crippen MR) is 120 cm³/mol. The Bertz CT molecular complexity index is 1220. The van der Waals surface area contributed by atoms with Crippen LogP contribution in [0.3, 0.4) is 0 Å².